The van der Waals surface area contributed by atoms with Crippen molar-refractivity contribution in [2.45, 2.75) is 51.7 Å². The molecule has 116 valence electrons. The molecule has 1 N–H and O–H groups in total. The fraction of sp³-hybridized carbons (Fsp3) is 0.588. The van der Waals surface area contributed by atoms with Gasteiger partial charge in [-0.25, -0.2) is 4.79 Å². The fourth-order valence-corrected chi connectivity index (χ4v) is 2.22. The smallest absolute Gasteiger partial charge is 0.410 e. The summed E-state index contributed by atoms with van der Waals surface area (Å²) >= 11 is 0. The van der Waals surface area contributed by atoms with E-state index in [0.29, 0.717) is 6.04 Å². The zero-order valence-electron chi connectivity index (χ0n) is 13.5. The maximum Gasteiger partial charge on any atom is 0.410 e. The fourth-order valence-electron chi connectivity index (χ4n) is 2.22. The highest BCUT2D eigenvalue weighted by Crippen LogP contribution is 2.28. The summed E-state index contributed by atoms with van der Waals surface area (Å²) in [6, 6.07) is 8.70. The Hall–Kier alpha value is -1.71. The van der Waals surface area contributed by atoms with E-state index in [1.807, 2.05) is 32.7 Å². The summed E-state index contributed by atoms with van der Waals surface area (Å²) in [7, 11) is 1.91. The number of nitrogens with one attached hydrogen (secondary N) is 1. The lowest BCUT2D eigenvalue weighted by molar-refractivity contribution is 0.0236. The van der Waals surface area contributed by atoms with Crippen LogP contribution in [0, 0.1) is 0 Å². The van der Waals surface area contributed by atoms with Gasteiger partial charge in [0.15, 0.2) is 0 Å². The van der Waals surface area contributed by atoms with Crippen LogP contribution in [0.3, 0.4) is 0 Å². The summed E-state index contributed by atoms with van der Waals surface area (Å²) in [5.74, 6) is 0. The number of rotatable bonds is 5. The van der Waals surface area contributed by atoms with Crippen LogP contribution in [0.2, 0.25) is 0 Å². The predicted octanol–water partition coefficient (Wildman–Crippen LogP) is 3.67. The van der Waals surface area contributed by atoms with Gasteiger partial charge in [0.05, 0.1) is 0 Å². The summed E-state index contributed by atoms with van der Waals surface area (Å²) in [6.07, 6.45) is 2.87. The van der Waals surface area contributed by atoms with E-state index in [4.69, 9.17) is 4.74 Å². The Morgan fingerprint density at radius 1 is 1.29 bits per heavy atom. The standard InChI is InChI=1S/C17H26N2O2/c1-17(2,3)21-16(20)19(15-9-10-15)12-11-13-5-7-14(18-4)8-6-13/h5-8,15,18H,9-12H2,1-4H3. The molecule has 0 aliphatic heterocycles. The van der Waals surface area contributed by atoms with Crippen LogP contribution < -0.4 is 5.32 Å². The molecule has 1 saturated carbocycles. The zero-order chi connectivity index (χ0) is 15.5. The number of hydrogen-bond donors (Lipinski definition) is 1. The van der Waals surface area contributed by atoms with Gasteiger partial charge in [0.25, 0.3) is 0 Å². The predicted molar refractivity (Wildman–Crippen MR) is 85.7 cm³/mol. The minimum Gasteiger partial charge on any atom is -0.444 e. The van der Waals surface area contributed by atoms with Gasteiger partial charge < -0.3 is 15.0 Å². The molecule has 1 aromatic carbocycles. The third-order valence-electron chi connectivity index (χ3n) is 3.50. The third kappa shape index (κ3) is 4.96. The molecule has 4 heteroatoms. The SMILES string of the molecule is CNc1ccc(CCN(C(=O)OC(C)(C)C)C2CC2)cc1. The van der Waals surface area contributed by atoms with Crippen molar-refractivity contribution in [3.05, 3.63) is 29.8 Å². The Balaban J connectivity index is 1.92. The Kier molecular flexibility index (Phi) is 4.76. The van der Waals surface area contributed by atoms with Crippen molar-refractivity contribution < 1.29 is 9.53 Å². The normalized spacial score (nSPS) is 14.7. The molecule has 0 heterocycles. The average molecular weight is 290 g/mol. The Bertz CT molecular complexity index is 473. The van der Waals surface area contributed by atoms with Gasteiger partial charge in [0, 0.05) is 25.3 Å². The molecule has 0 radical (unpaired) electrons. The highest BCUT2D eigenvalue weighted by molar-refractivity contribution is 5.69. The first-order chi connectivity index (χ1) is 9.89. The third-order valence-corrected chi connectivity index (χ3v) is 3.50. The molecule has 2 rings (SSSR count). The van der Waals surface area contributed by atoms with Crippen LogP contribution in [0.15, 0.2) is 24.3 Å². The average Bonchev–Trinajstić information content (AvgIpc) is 3.22. The van der Waals surface area contributed by atoms with Crippen LogP contribution in [0.1, 0.15) is 39.2 Å². The van der Waals surface area contributed by atoms with Crippen molar-refractivity contribution >= 4 is 11.8 Å². The van der Waals surface area contributed by atoms with Crippen molar-refractivity contribution in [1.29, 1.82) is 0 Å². The van der Waals surface area contributed by atoms with Crippen LogP contribution in [0.4, 0.5) is 10.5 Å². The topological polar surface area (TPSA) is 41.6 Å². The molecule has 1 fully saturated rings. The van der Waals surface area contributed by atoms with E-state index in [9.17, 15) is 4.79 Å². The van der Waals surface area contributed by atoms with Crippen LogP contribution >= 0.6 is 0 Å². The largest absolute Gasteiger partial charge is 0.444 e. The minimum absolute atomic E-state index is 0.183. The monoisotopic (exact) mass is 290 g/mol. The molecule has 0 spiro atoms. The van der Waals surface area contributed by atoms with Crippen molar-refractivity contribution in [2.24, 2.45) is 0 Å². The maximum absolute atomic E-state index is 12.3. The van der Waals surface area contributed by atoms with Gasteiger partial charge in [-0.05, 0) is 57.7 Å². The first kappa shape index (κ1) is 15.7. The van der Waals surface area contributed by atoms with Crippen LogP contribution in [0.25, 0.3) is 0 Å². The second-order valence-electron chi connectivity index (χ2n) is 6.60. The summed E-state index contributed by atoms with van der Waals surface area (Å²) in [6.45, 7) is 6.45. The number of nitrogens with zero attached hydrogens (tertiary/aromatic N) is 1. The van der Waals surface area contributed by atoms with Gasteiger partial charge in [0.2, 0.25) is 0 Å². The van der Waals surface area contributed by atoms with Crippen LogP contribution in [-0.2, 0) is 11.2 Å². The molecule has 1 aliphatic rings. The Morgan fingerprint density at radius 2 is 1.90 bits per heavy atom. The van der Waals surface area contributed by atoms with E-state index < -0.39 is 5.60 Å². The van der Waals surface area contributed by atoms with Crippen molar-refractivity contribution in [2.75, 3.05) is 18.9 Å². The lowest BCUT2D eigenvalue weighted by Gasteiger charge is -2.27. The van der Waals surface area contributed by atoms with E-state index in [2.05, 4.69) is 29.6 Å². The molecule has 1 amide bonds. The minimum atomic E-state index is -0.432. The Morgan fingerprint density at radius 3 is 2.38 bits per heavy atom. The number of anilines is 1. The summed E-state index contributed by atoms with van der Waals surface area (Å²) in [5.41, 5.74) is 1.91. The number of carbonyl (C=O) groups excluding carboxylic acids is 1. The number of ether oxygens (including phenoxy) is 1. The molecular formula is C17H26N2O2. The first-order valence-corrected chi connectivity index (χ1v) is 7.65. The number of benzene rings is 1. The summed E-state index contributed by atoms with van der Waals surface area (Å²) in [5, 5.41) is 3.11. The van der Waals surface area contributed by atoms with Gasteiger partial charge in [-0.2, -0.15) is 0 Å². The zero-order valence-corrected chi connectivity index (χ0v) is 13.5. The number of amides is 1. The van der Waals surface area contributed by atoms with Gasteiger partial charge in [0.1, 0.15) is 5.60 Å². The van der Waals surface area contributed by atoms with E-state index in [-0.39, 0.29) is 6.09 Å². The molecular weight excluding hydrogens is 264 g/mol. The molecule has 4 nitrogen and oxygen atoms in total. The maximum atomic E-state index is 12.3. The van der Waals surface area contributed by atoms with Gasteiger partial charge in [-0.15, -0.1) is 0 Å². The quantitative estimate of drug-likeness (QED) is 0.899. The van der Waals surface area contributed by atoms with E-state index in [0.717, 1.165) is 31.5 Å². The summed E-state index contributed by atoms with van der Waals surface area (Å²) < 4.78 is 5.50. The van der Waals surface area contributed by atoms with E-state index >= 15 is 0 Å². The van der Waals surface area contributed by atoms with Crippen molar-refractivity contribution in [3.63, 3.8) is 0 Å². The van der Waals surface area contributed by atoms with Gasteiger partial charge in [-0.1, -0.05) is 12.1 Å². The highest BCUT2D eigenvalue weighted by atomic mass is 16.6. The Labute approximate surface area is 127 Å². The van der Waals surface area contributed by atoms with Crippen molar-refractivity contribution in [1.82, 2.24) is 4.90 Å². The molecule has 0 saturated heterocycles. The molecule has 21 heavy (non-hydrogen) atoms. The molecule has 0 bridgehead atoms. The van der Waals surface area contributed by atoms with E-state index in [1.165, 1.54) is 5.56 Å². The lowest BCUT2D eigenvalue weighted by atomic mass is 10.1. The summed E-state index contributed by atoms with van der Waals surface area (Å²) in [4.78, 5) is 14.1. The van der Waals surface area contributed by atoms with Crippen LogP contribution in [-0.4, -0.2) is 36.2 Å². The second-order valence-corrected chi connectivity index (χ2v) is 6.60. The number of carbonyl (C=O) groups is 1. The first-order valence-electron chi connectivity index (χ1n) is 7.65. The van der Waals surface area contributed by atoms with Crippen molar-refractivity contribution in [3.8, 4) is 0 Å². The van der Waals surface area contributed by atoms with Gasteiger partial charge >= 0.3 is 6.09 Å². The molecule has 1 aliphatic carbocycles. The van der Waals surface area contributed by atoms with E-state index in [1.54, 1.807) is 0 Å². The molecule has 0 aromatic heterocycles. The second kappa shape index (κ2) is 6.37. The molecule has 0 atom stereocenters. The number of hydrogen-bond acceptors (Lipinski definition) is 3. The van der Waals surface area contributed by atoms with Crippen LogP contribution in [0.5, 0.6) is 0 Å². The molecule has 1 aromatic rings. The highest BCUT2D eigenvalue weighted by Gasteiger charge is 2.34. The molecule has 0 unspecified atom stereocenters. The van der Waals surface area contributed by atoms with Gasteiger partial charge in [-0.3, -0.25) is 0 Å². The lowest BCUT2D eigenvalue weighted by Crippen LogP contribution is -2.39.